The molecule has 1 unspecified atom stereocenters. The summed E-state index contributed by atoms with van der Waals surface area (Å²) in [5.74, 6) is 2.07. The van der Waals surface area contributed by atoms with Gasteiger partial charge in [0.15, 0.2) is 12.1 Å². The van der Waals surface area contributed by atoms with Crippen molar-refractivity contribution in [1.29, 1.82) is 0 Å². The lowest BCUT2D eigenvalue weighted by Crippen LogP contribution is -2.01. The summed E-state index contributed by atoms with van der Waals surface area (Å²) in [7, 11) is -2.62. The Balaban J connectivity index is 2.85. The average molecular weight is 540 g/mol. The van der Waals surface area contributed by atoms with Crippen molar-refractivity contribution in [2.45, 2.75) is 27.2 Å². The third-order valence-electron chi connectivity index (χ3n) is 3.29. The van der Waals surface area contributed by atoms with Crippen molar-refractivity contribution in [1.82, 2.24) is 0 Å². The van der Waals surface area contributed by atoms with Gasteiger partial charge in [-0.3, -0.25) is 4.57 Å². The number of hydrogen-bond acceptors (Lipinski definition) is 5. The smallest absolute Gasteiger partial charge is 0.364 e. The highest BCUT2D eigenvalue weighted by Crippen LogP contribution is 2.43. The second-order valence-electron chi connectivity index (χ2n) is 6.11. The summed E-state index contributed by atoms with van der Waals surface area (Å²) in [6, 6.07) is 3.26. The first-order chi connectivity index (χ1) is 13.1. The molecule has 1 atom stereocenters. The molecule has 0 amide bonds. The highest BCUT2D eigenvalue weighted by molar-refractivity contribution is 9.11. The van der Waals surface area contributed by atoms with E-state index in [9.17, 15) is 14.6 Å². The molecule has 1 aromatic carbocycles. The van der Waals surface area contributed by atoms with Gasteiger partial charge >= 0.3 is 7.60 Å². The second-order valence-corrected chi connectivity index (χ2v) is 9.72. The van der Waals surface area contributed by atoms with Gasteiger partial charge in [-0.15, -0.1) is 0 Å². The molecule has 6 nitrogen and oxygen atoms in total. The van der Waals surface area contributed by atoms with Gasteiger partial charge in [0, 0.05) is 13.5 Å². The van der Waals surface area contributed by atoms with Crippen molar-refractivity contribution in [3.63, 3.8) is 0 Å². The van der Waals surface area contributed by atoms with Crippen molar-refractivity contribution >= 4 is 39.5 Å². The lowest BCUT2D eigenvalue weighted by atomic mass is 10.1. The third-order valence-corrected chi connectivity index (χ3v) is 5.49. The van der Waals surface area contributed by atoms with Crippen LogP contribution in [-0.4, -0.2) is 23.5 Å². The number of benzene rings is 1. The zero-order valence-electron chi connectivity index (χ0n) is 16.2. The number of ether oxygens (including phenoxy) is 2. The van der Waals surface area contributed by atoms with E-state index in [4.69, 9.17) is 9.47 Å². The molecule has 0 aliphatic heterocycles. The Labute approximate surface area is 182 Å². The van der Waals surface area contributed by atoms with Crippen LogP contribution >= 0.6 is 39.5 Å². The lowest BCUT2D eigenvalue weighted by Gasteiger charge is -2.14. The van der Waals surface area contributed by atoms with Gasteiger partial charge in [-0.25, -0.2) is 0 Å². The van der Waals surface area contributed by atoms with Crippen LogP contribution in [0.25, 0.3) is 0 Å². The van der Waals surface area contributed by atoms with Gasteiger partial charge in [-0.2, -0.15) is 0 Å². The number of halogens is 2. The Morgan fingerprint density at radius 1 is 1.29 bits per heavy atom. The molecule has 0 saturated heterocycles. The number of aliphatic hydroxyl groups is 1. The van der Waals surface area contributed by atoms with Gasteiger partial charge in [-0.1, -0.05) is 19.9 Å². The maximum atomic E-state index is 11.5. The molecule has 0 aromatic heterocycles. The van der Waals surface area contributed by atoms with Crippen molar-refractivity contribution in [2.75, 3.05) is 13.5 Å². The monoisotopic (exact) mass is 538 g/mol. The van der Waals surface area contributed by atoms with Crippen LogP contribution in [-0.2, 0) is 9.09 Å². The Morgan fingerprint density at radius 2 is 1.89 bits per heavy atom. The molecule has 0 fully saturated rings. The molecule has 0 aliphatic carbocycles. The van der Waals surface area contributed by atoms with Crippen LogP contribution in [0.2, 0.25) is 0 Å². The van der Waals surface area contributed by atoms with Crippen LogP contribution in [0.1, 0.15) is 27.2 Å². The van der Waals surface area contributed by atoms with Crippen molar-refractivity contribution in [2.24, 2.45) is 5.92 Å². The van der Waals surface area contributed by atoms with E-state index >= 15 is 0 Å². The summed E-state index contributed by atoms with van der Waals surface area (Å²) in [5, 5.41) is 9.81. The van der Waals surface area contributed by atoms with Crippen molar-refractivity contribution < 1.29 is 28.6 Å². The fourth-order valence-electron chi connectivity index (χ4n) is 1.98. The number of allylic oxidation sites excluding steroid dienone is 4. The van der Waals surface area contributed by atoms with Gasteiger partial charge in [0.05, 0.1) is 14.7 Å². The topological polar surface area (TPSA) is 85.2 Å². The number of rotatable bonds is 10. The fraction of sp³-hybridized carbons (Fsp3) is 0.368. The second kappa shape index (κ2) is 11.8. The normalized spacial score (nSPS) is 15.1. The zero-order chi connectivity index (χ0) is 21.3. The molecule has 0 heterocycles. The van der Waals surface area contributed by atoms with Gasteiger partial charge in [-0.05, 0) is 75.1 Å². The molecule has 0 aliphatic rings. The van der Waals surface area contributed by atoms with Crippen LogP contribution in [0.5, 0.6) is 11.5 Å². The van der Waals surface area contributed by atoms with Crippen LogP contribution < -0.4 is 9.47 Å². The Bertz CT molecular complexity index is 779. The SMILES string of the molecule is C/C=C(\C=CC/C(O)=C/C(C)C)Oc1c(Br)cc(OCP(=O)(O)OC)cc1Br. The van der Waals surface area contributed by atoms with Crippen LogP contribution in [0.15, 0.2) is 56.9 Å². The minimum Gasteiger partial charge on any atom is -0.512 e. The van der Waals surface area contributed by atoms with Crippen LogP contribution in [0.4, 0.5) is 0 Å². The molecule has 1 aromatic rings. The maximum Gasteiger partial charge on any atom is 0.364 e. The van der Waals surface area contributed by atoms with E-state index in [1.54, 1.807) is 30.4 Å². The molecular formula is C19H25Br2O6P. The van der Waals surface area contributed by atoms with Gasteiger partial charge in [0.2, 0.25) is 0 Å². The molecule has 0 radical (unpaired) electrons. The summed E-state index contributed by atoms with van der Waals surface area (Å²) < 4.78 is 28.4. The minimum absolute atomic E-state index is 0.280. The molecule has 9 heteroatoms. The van der Waals surface area contributed by atoms with Gasteiger partial charge in [0.1, 0.15) is 11.5 Å². The standard InChI is InChI=1S/C19H25Br2O6P/c1-5-15(8-6-7-14(22)9-13(2)3)27-19-17(20)10-16(11-18(19)21)26-12-28(23,24)25-4/h5-6,8-11,13,22H,7,12H2,1-4H3,(H,23,24)/b8-6?,14-9-,15-5+. The molecule has 1 rings (SSSR count). The summed E-state index contributed by atoms with van der Waals surface area (Å²) in [4.78, 5) is 9.42. The first-order valence-corrected chi connectivity index (χ1v) is 11.8. The Morgan fingerprint density at radius 3 is 2.39 bits per heavy atom. The molecule has 0 saturated carbocycles. The quantitative estimate of drug-likeness (QED) is 0.195. The average Bonchev–Trinajstić information content (AvgIpc) is 2.61. The molecule has 28 heavy (non-hydrogen) atoms. The maximum absolute atomic E-state index is 11.5. The summed E-state index contributed by atoms with van der Waals surface area (Å²) in [6.07, 6.45) is 7.12. The Kier molecular flexibility index (Phi) is 10.6. The number of hydrogen-bond donors (Lipinski definition) is 2. The van der Waals surface area contributed by atoms with Gasteiger partial charge < -0.3 is 24.0 Å². The molecular weight excluding hydrogens is 515 g/mol. The van der Waals surface area contributed by atoms with Crippen LogP contribution in [0.3, 0.4) is 0 Å². The lowest BCUT2D eigenvalue weighted by molar-refractivity contribution is 0.268. The summed E-state index contributed by atoms with van der Waals surface area (Å²) in [5.41, 5.74) is 0. The highest BCUT2D eigenvalue weighted by atomic mass is 79.9. The van der Waals surface area contributed by atoms with E-state index in [-0.39, 0.29) is 5.92 Å². The first kappa shape index (κ1) is 25.0. The first-order valence-electron chi connectivity index (χ1n) is 8.47. The van der Waals surface area contributed by atoms with Crippen LogP contribution in [0, 0.1) is 5.92 Å². The minimum atomic E-state index is -3.77. The van der Waals surface area contributed by atoms with E-state index in [0.29, 0.717) is 38.4 Å². The molecule has 156 valence electrons. The molecule has 2 N–H and O–H groups in total. The molecule has 0 bridgehead atoms. The predicted molar refractivity (Wildman–Crippen MR) is 118 cm³/mol. The van der Waals surface area contributed by atoms with Gasteiger partial charge in [0.25, 0.3) is 0 Å². The van der Waals surface area contributed by atoms with E-state index in [2.05, 4.69) is 36.4 Å². The fourth-order valence-corrected chi connectivity index (χ4v) is 3.71. The summed E-state index contributed by atoms with van der Waals surface area (Å²) in [6.45, 7) is 5.83. The largest absolute Gasteiger partial charge is 0.512 e. The third kappa shape index (κ3) is 8.97. The number of aliphatic hydroxyl groups excluding tert-OH is 1. The predicted octanol–water partition coefficient (Wildman–Crippen LogP) is 6.71. The van der Waals surface area contributed by atoms with Crippen molar-refractivity contribution in [3.8, 4) is 11.5 Å². The van der Waals surface area contributed by atoms with E-state index < -0.39 is 13.9 Å². The molecule has 0 spiro atoms. The highest BCUT2D eigenvalue weighted by Gasteiger charge is 2.19. The Hall–Kier alpha value is -1.05. The van der Waals surface area contributed by atoms with Crippen molar-refractivity contribution in [3.05, 3.63) is 56.9 Å². The van der Waals surface area contributed by atoms with E-state index in [1.165, 1.54) is 0 Å². The van der Waals surface area contributed by atoms with E-state index in [0.717, 1.165) is 7.11 Å². The van der Waals surface area contributed by atoms with E-state index in [1.807, 2.05) is 26.8 Å². The zero-order valence-corrected chi connectivity index (χ0v) is 20.3. The summed E-state index contributed by atoms with van der Waals surface area (Å²) >= 11 is 6.83.